The van der Waals surface area contributed by atoms with Crippen LogP contribution >= 0.6 is 0 Å². The Hall–Kier alpha value is -2.00. The molecule has 0 radical (unpaired) electrons. The Morgan fingerprint density at radius 3 is 2.93 bits per heavy atom. The van der Waals surface area contributed by atoms with Crippen molar-refractivity contribution < 1.29 is 14.3 Å². The first-order chi connectivity index (χ1) is 14.4. The van der Waals surface area contributed by atoms with Crippen LogP contribution in [0, 0.1) is 5.82 Å². The minimum atomic E-state index is -0.788. The van der Waals surface area contributed by atoms with Gasteiger partial charge < -0.3 is 30.9 Å². The Kier molecular flexibility index (Phi) is 6.11. The van der Waals surface area contributed by atoms with Crippen LogP contribution in [-0.2, 0) is 4.79 Å². The average Bonchev–Trinajstić information content (AvgIpc) is 3.41. The Labute approximate surface area is 176 Å². The largest absolute Gasteiger partial charge is 0.391 e. The number of likely N-dealkylation sites (N-methyl/N-ethyl adjacent to an activating group) is 1. The van der Waals surface area contributed by atoms with Gasteiger partial charge in [0.2, 0.25) is 5.91 Å². The normalized spacial score (nSPS) is 26.7. The zero-order valence-electron chi connectivity index (χ0n) is 17.8. The van der Waals surface area contributed by atoms with Gasteiger partial charge in [0.1, 0.15) is 11.9 Å². The number of aliphatic hydroxyl groups is 1. The van der Waals surface area contributed by atoms with E-state index in [0.717, 1.165) is 29.4 Å². The highest BCUT2D eigenvalue weighted by Crippen LogP contribution is 2.39. The average molecular weight is 418 g/mol. The zero-order chi connectivity index (χ0) is 21.4. The molecule has 1 amide bonds. The fourth-order valence-electron chi connectivity index (χ4n) is 4.96. The number of carbonyl (C=O) groups excluding carboxylic acids is 1. The van der Waals surface area contributed by atoms with Crippen LogP contribution in [0.15, 0.2) is 24.4 Å². The maximum absolute atomic E-state index is 13.6. The molecule has 2 fully saturated rings. The molecule has 0 saturated carbocycles. The first kappa shape index (κ1) is 21.2. The first-order valence-electron chi connectivity index (χ1n) is 10.8. The molecule has 3 heterocycles. The molecule has 6 atom stereocenters. The van der Waals surface area contributed by atoms with E-state index in [-0.39, 0.29) is 35.8 Å². The highest BCUT2D eigenvalue weighted by atomic mass is 19.1. The fraction of sp³-hybridized carbons (Fsp3) is 0.591. The van der Waals surface area contributed by atoms with Crippen molar-refractivity contribution in [3.05, 3.63) is 35.8 Å². The predicted molar refractivity (Wildman–Crippen MR) is 115 cm³/mol. The zero-order valence-corrected chi connectivity index (χ0v) is 17.8. The molecule has 4 rings (SSSR count). The van der Waals surface area contributed by atoms with Crippen LogP contribution < -0.4 is 16.0 Å². The van der Waals surface area contributed by atoms with Gasteiger partial charge in [-0.1, -0.05) is 0 Å². The van der Waals surface area contributed by atoms with Crippen LogP contribution in [0.3, 0.4) is 0 Å². The topological polar surface area (TPSA) is 92.4 Å². The van der Waals surface area contributed by atoms with Crippen LogP contribution in [-0.4, -0.2) is 77.9 Å². The lowest BCUT2D eigenvalue weighted by Gasteiger charge is -2.33. The van der Waals surface area contributed by atoms with Crippen molar-refractivity contribution in [3.8, 4) is 0 Å². The van der Waals surface area contributed by atoms with Crippen LogP contribution in [0.1, 0.15) is 31.7 Å². The number of rotatable bonds is 7. The molecule has 0 aliphatic carbocycles. The molecule has 2 aliphatic heterocycles. The third-order valence-electron chi connectivity index (χ3n) is 6.71. The molecule has 8 heteroatoms. The van der Waals surface area contributed by atoms with Crippen molar-refractivity contribution in [2.75, 3.05) is 26.7 Å². The number of H-pyrrole nitrogens is 1. The maximum atomic E-state index is 13.6. The summed E-state index contributed by atoms with van der Waals surface area (Å²) in [6, 6.07) is 4.60. The molecule has 164 valence electrons. The minimum Gasteiger partial charge on any atom is -0.391 e. The van der Waals surface area contributed by atoms with E-state index in [1.165, 1.54) is 12.1 Å². The monoisotopic (exact) mass is 417 g/mol. The van der Waals surface area contributed by atoms with E-state index >= 15 is 0 Å². The van der Waals surface area contributed by atoms with Crippen molar-refractivity contribution in [1.29, 1.82) is 0 Å². The number of nitrogens with one attached hydrogen (secondary N) is 4. The number of likely N-dealkylation sites (tertiary alicyclic amines) is 1. The van der Waals surface area contributed by atoms with Crippen LogP contribution in [0.4, 0.5) is 4.39 Å². The molecule has 1 unspecified atom stereocenters. The van der Waals surface area contributed by atoms with E-state index in [0.29, 0.717) is 13.1 Å². The number of hydrogen-bond donors (Lipinski definition) is 5. The van der Waals surface area contributed by atoms with Crippen LogP contribution in [0.5, 0.6) is 0 Å². The van der Waals surface area contributed by atoms with Crippen molar-refractivity contribution >= 4 is 16.8 Å². The third kappa shape index (κ3) is 3.85. The summed E-state index contributed by atoms with van der Waals surface area (Å²) in [5.41, 5.74) is 1.88. The number of hydrogen-bond acceptors (Lipinski definition) is 5. The predicted octanol–water partition coefficient (Wildman–Crippen LogP) is 0.910. The van der Waals surface area contributed by atoms with Gasteiger partial charge in [0.05, 0.1) is 12.1 Å². The van der Waals surface area contributed by atoms with E-state index in [1.54, 1.807) is 6.92 Å². The molecule has 1 aromatic carbocycles. The molecule has 2 aliphatic rings. The maximum Gasteiger partial charge on any atom is 0.242 e. The molecule has 7 nitrogen and oxygen atoms in total. The van der Waals surface area contributed by atoms with Crippen molar-refractivity contribution in [1.82, 2.24) is 25.8 Å². The lowest BCUT2D eigenvalue weighted by molar-refractivity contribution is -0.137. The van der Waals surface area contributed by atoms with Gasteiger partial charge in [-0.2, -0.15) is 0 Å². The lowest BCUT2D eigenvalue weighted by Crippen LogP contribution is -2.56. The Morgan fingerprint density at radius 2 is 2.20 bits per heavy atom. The summed E-state index contributed by atoms with van der Waals surface area (Å²) >= 11 is 0. The van der Waals surface area contributed by atoms with E-state index in [1.807, 2.05) is 31.1 Å². The molecule has 1 aromatic heterocycles. The van der Waals surface area contributed by atoms with Crippen LogP contribution in [0.25, 0.3) is 10.9 Å². The molecule has 2 aromatic rings. The van der Waals surface area contributed by atoms with Gasteiger partial charge in [-0.25, -0.2) is 4.39 Å². The summed E-state index contributed by atoms with van der Waals surface area (Å²) in [5, 5.41) is 21.2. The number of fused-ring (bicyclic) bond motifs is 2. The SMILES string of the molecule is CNC(C)CN[C@H](C(=O)N1CC[C@H]2NC[C@H](c3c[nH]c4cc(F)ccc34)[C@H]21)[C@@H](C)O. The number of aliphatic hydroxyl groups excluding tert-OH is 1. The lowest BCUT2D eigenvalue weighted by atomic mass is 9.91. The van der Waals surface area contributed by atoms with Crippen molar-refractivity contribution in [3.63, 3.8) is 0 Å². The second-order valence-corrected chi connectivity index (χ2v) is 8.68. The number of halogens is 1. The summed E-state index contributed by atoms with van der Waals surface area (Å²) in [7, 11) is 1.87. The van der Waals surface area contributed by atoms with Gasteiger partial charge in [0.15, 0.2) is 0 Å². The number of nitrogens with zero attached hydrogens (tertiary/aromatic N) is 1. The van der Waals surface area contributed by atoms with Gasteiger partial charge in [-0.15, -0.1) is 0 Å². The molecule has 0 spiro atoms. The summed E-state index contributed by atoms with van der Waals surface area (Å²) in [6.07, 6.45) is 2.05. The number of benzene rings is 1. The number of carbonyl (C=O) groups is 1. The smallest absolute Gasteiger partial charge is 0.242 e. The van der Waals surface area contributed by atoms with Gasteiger partial charge >= 0.3 is 0 Å². The van der Waals surface area contributed by atoms with E-state index in [2.05, 4.69) is 20.9 Å². The van der Waals surface area contributed by atoms with E-state index in [9.17, 15) is 14.3 Å². The quantitative estimate of drug-likeness (QED) is 0.462. The minimum absolute atomic E-state index is 0.0197. The molecular formula is C22H32FN5O2. The number of amides is 1. The van der Waals surface area contributed by atoms with Gasteiger partial charge in [0, 0.05) is 54.7 Å². The molecule has 0 bridgehead atoms. The molecular weight excluding hydrogens is 385 g/mol. The summed E-state index contributed by atoms with van der Waals surface area (Å²) < 4.78 is 13.6. The fourth-order valence-corrected chi connectivity index (χ4v) is 4.96. The van der Waals surface area contributed by atoms with Crippen molar-refractivity contribution in [2.45, 2.75) is 56.5 Å². The van der Waals surface area contributed by atoms with Crippen LogP contribution in [0.2, 0.25) is 0 Å². The number of aromatic nitrogens is 1. The van der Waals surface area contributed by atoms with Crippen molar-refractivity contribution in [2.24, 2.45) is 0 Å². The summed E-state index contributed by atoms with van der Waals surface area (Å²) in [6.45, 7) is 5.72. The molecule has 5 N–H and O–H groups in total. The van der Waals surface area contributed by atoms with Gasteiger partial charge in [0.25, 0.3) is 0 Å². The summed E-state index contributed by atoms with van der Waals surface area (Å²) in [5.74, 6) is -0.204. The van der Waals surface area contributed by atoms with Gasteiger partial charge in [-0.3, -0.25) is 4.79 Å². The Bertz CT molecular complexity index is 901. The second kappa shape index (κ2) is 8.63. The van der Waals surface area contributed by atoms with E-state index < -0.39 is 12.1 Å². The Balaban J connectivity index is 1.58. The Morgan fingerprint density at radius 1 is 1.40 bits per heavy atom. The summed E-state index contributed by atoms with van der Waals surface area (Å²) in [4.78, 5) is 18.6. The van der Waals surface area contributed by atoms with Gasteiger partial charge in [-0.05, 0) is 51.1 Å². The highest BCUT2D eigenvalue weighted by Gasteiger charge is 2.48. The highest BCUT2D eigenvalue weighted by molar-refractivity contribution is 5.85. The standard InChI is InChI=1S/C22H32FN5O2/c1-12(24-3)9-27-20(13(2)29)22(30)28-7-6-18-21(28)17(11-25-18)16-10-26-19-8-14(23)4-5-15(16)19/h4-5,8,10,12-13,17-18,20-21,24-27,29H,6-7,9,11H2,1-3H3/t12?,13-,17-,18-,20+,21-/m1/s1. The van der Waals surface area contributed by atoms with E-state index in [4.69, 9.17) is 0 Å². The third-order valence-corrected chi connectivity index (χ3v) is 6.71. The second-order valence-electron chi connectivity index (χ2n) is 8.68. The first-order valence-corrected chi connectivity index (χ1v) is 10.8. The number of aromatic amines is 1. The molecule has 30 heavy (non-hydrogen) atoms. The molecule has 2 saturated heterocycles.